The molecule has 1 atom stereocenters. The number of aryl methyl sites for hydroxylation is 1. The Kier molecular flexibility index (Phi) is 4.90. The fourth-order valence-corrected chi connectivity index (χ4v) is 3.05. The van der Waals surface area contributed by atoms with Gasteiger partial charge in [-0.2, -0.15) is 0 Å². The molecule has 3 nitrogen and oxygen atoms in total. The Morgan fingerprint density at radius 3 is 2.40 bits per heavy atom. The Hall–Kier alpha value is -1.68. The lowest BCUT2D eigenvalue weighted by molar-refractivity contribution is -0.384. The molecule has 0 N–H and O–H groups in total. The van der Waals surface area contributed by atoms with Gasteiger partial charge in [0.1, 0.15) is 0 Å². The van der Waals surface area contributed by atoms with E-state index in [0.29, 0.717) is 0 Å². The second-order valence-corrected chi connectivity index (χ2v) is 5.75. The molecule has 4 heteroatoms. The van der Waals surface area contributed by atoms with Crippen LogP contribution < -0.4 is 0 Å². The van der Waals surface area contributed by atoms with Crippen molar-refractivity contribution >= 4 is 21.6 Å². The van der Waals surface area contributed by atoms with E-state index in [4.69, 9.17) is 0 Å². The van der Waals surface area contributed by atoms with E-state index in [1.165, 1.54) is 11.1 Å². The minimum atomic E-state index is -0.373. The summed E-state index contributed by atoms with van der Waals surface area (Å²) in [5, 5.41) is 10.6. The fraction of sp³-hybridized carbons (Fsp3) is 0.250. The zero-order valence-electron chi connectivity index (χ0n) is 11.3. The molecule has 0 spiro atoms. The van der Waals surface area contributed by atoms with E-state index in [0.717, 1.165) is 18.4 Å². The van der Waals surface area contributed by atoms with Gasteiger partial charge in [-0.1, -0.05) is 59.3 Å². The van der Waals surface area contributed by atoms with Crippen molar-refractivity contribution < 1.29 is 4.92 Å². The zero-order chi connectivity index (χ0) is 14.5. The number of hydrogen-bond donors (Lipinski definition) is 0. The third kappa shape index (κ3) is 3.45. The maximum absolute atomic E-state index is 10.6. The summed E-state index contributed by atoms with van der Waals surface area (Å²) in [5.74, 6) is 0. The zero-order valence-corrected chi connectivity index (χ0v) is 12.8. The lowest BCUT2D eigenvalue weighted by atomic mass is 9.98. The standard InChI is InChI=1S/C16H16BrNO2/c1-2-13-5-3-4-6-15(13)16(17)11-12-7-9-14(10-8-12)18(19)20/h3-10,16H,2,11H2,1H3. The van der Waals surface area contributed by atoms with E-state index in [1.807, 2.05) is 24.3 Å². The maximum Gasteiger partial charge on any atom is 0.269 e. The minimum Gasteiger partial charge on any atom is -0.258 e. The first-order chi connectivity index (χ1) is 9.61. The molecule has 0 radical (unpaired) electrons. The van der Waals surface area contributed by atoms with Gasteiger partial charge in [-0.25, -0.2) is 0 Å². The van der Waals surface area contributed by atoms with Crippen molar-refractivity contribution in [1.82, 2.24) is 0 Å². The van der Waals surface area contributed by atoms with Gasteiger partial charge in [0.15, 0.2) is 0 Å². The minimum absolute atomic E-state index is 0.133. The first kappa shape index (κ1) is 14.7. The van der Waals surface area contributed by atoms with Gasteiger partial charge in [0.25, 0.3) is 5.69 Å². The lowest BCUT2D eigenvalue weighted by Crippen LogP contribution is -2.00. The molecule has 0 saturated heterocycles. The Bertz CT molecular complexity index is 596. The second-order valence-electron chi connectivity index (χ2n) is 4.65. The Labute approximate surface area is 126 Å². The van der Waals surface area contributed by atoms with Crippen LogP contribution in [0.1, 0.15) is 28.4 Å². The number of halogens is 1. The molecule has 0 heterocycles. The Balaban J connectivity index is 2.14. The van der Waals surface area contributed by atoms with Gasteiger partial charge < -0.3 is 0 Å². The summed E-state index contributed by atoms with van der Waals surface area (Å²) in [6, 6.07) is 15.1. The fourth-order valence-electron chi connectivity index (χ4n) is 2.23. The summed E-state index contributed by atoms with van der Waals surface area (Å²) in [7, 11) is 0. The monoisotopic (exact) mass is 333 g/mol. The molecule has 20 heavy (non-hydrogen) atoms. The van der Waals surface area contributed by atoms with Crippen LogP contribution in [0.4, 0.5) is 5.69 Å². The molecule has 0 saturated carbocycles. The Morgan fingerprint density at radius 2 is 1.80 bits per heavy atom. The average Bonchev–Trinajstić information content (AvgIpc) is 2.47. The van der Waals surface area contributed by atoms with Crippen LogP contribution in [-0.2, 0) is 12.8 Å². The Morgan fingerprint density at radius 1 is 1.15 bits per heavy atom. The molecule has 2 aromatic carbocycles. The number of nitro benzene ring substituents is 1. The van der Waals surface area contributed by atoms with Crippen molar-refractivity contribution in [3.05, 3.63) is 75.3 Å². The molecule has 104 valence electrons. The maximum atomic E-state index is 10.6. The van der Waals surface area contributed by atoms with E-state index >= 15 is 0 Å². The summed E-state index contributed by atoms with van der Waals surface area (Å²) < 4.78 is 0. The van der Waals surface area contributed by atoms with Gasteiger partial charge in [-0.3, -0.25) is 10.1 Å². The van der Waals surface area contributed by atoms with Crippen molar-refractivity contribution in [3.63, 3.8) is 0 Å². The third-order valence-corrected chi connectivity index (χ3v) is 4.15. The molecule has 0 bridgehead atoms. The van der Waals surface area contributed by atoms with Crippen LogP contribution in [-0.4, -0.2) is 4.92 Å². The summed E-state index contributed by atoms with van der Waals surface area (Å²) in [6.45, 7) is 2.14. The number of benzene rings is 2. The summed E-state index contributed by atoms with van der Waals surface area (Å²) in [4.78, 5) is 10.5. The van der Waals surface area contributed by atoms with Crippen LogP contribution >= 0.6 is 15.9 Å². The molecule has 1 unspecified atom stereocenters. The number of rotatable bonds is 5. The molecule has 0 aliphatic rings. The molecular weight excluding hydrogens is 318 g/mol. The van der Waals surface area contributed by atoms with E-state index in [1.54, 1.807) is 12.1 Å². The van der Waals surface area contributed by atoms with Gasteiger partial charge >= 0.3 is 0 Å². The van der Waals surface area contributed by atoms with Crippen LogP contribution in [0.25, 0.3) is 0 Å². The molecule has 0 amide bonds. The third-order valence-electron chi connectivity index (χ3n) is 3.34. The predicted molar refractivity (Wildman–Crippen MR) is 84.3 cm³/mol. The molecule has 2 rings (SSSR count). The normalized spacial score (nSPS) is 12.1. The summed E-state index contributed by atoms with van der Waals surface area (Å²) >= 11 is 3.73. The highest BCUT2D eigenvalue weighted by Gasteiger charge is 2.12. The highest BCUT2D eigenvalue weighted by molar-refractivity contribution is 9.09. The summed E-state index contributed by atoms with van der Waals surface area (Å²) in [5.41, 5.74) is 3.84. The second kappa shape index (κ2) is 6.66. The molecule has 0 aliphatic heterocycles. The lowest BCUT2D eigenvalue weighted by Gasteiger charge is -2.14. The van der Waals surface area contributed by atoms with Crippen LogP contribution in [0, 0.1) is 10.1 Å². The van der Waals surface area contributed by atoms with Crippen molar-refractivity contribution in [2.45, 2.75) is 24.6 Å². The van der Waals surface area contributed by atoms with Crippen LogP contribution in [0.5, 0.6) is 0 Å². The van der Waals surface area contributed by atoms with Gasteiger partial charge in [0, 0.05) is 17.0 Å². The topological polar surface area (TPSA) is 43.1 Å². The van der Waals surface area contributed by atoms with E-state index in [9.17, 15) is 10.1 Å². The van der Waals surface area contributed by atoms with Crippen molar-refractivity contribution in [3.8, 4) is 0 Å². The quantitative estimate of drug-likeness (QED) is 0.446. The van der Waals surface area contributed by atoms with Gasteiger partial charge in [0.05, 0.1) is 4.92 Å². The number of non-ortho nitro benzene ring substituents is 1. The molecule has 0 fully saturated rings. The highest BCUT2D eigenvalue weighted by Crippen LogP contribution is 2.30. The number of hydrogen-bond acceptors (Lipinski definition) is 2. The van der Waals surface area contributed by atoms with Crippen molar-refractivity contribution in [1.29, 1.82) is 0 Å². The van der Waals surface area contributed by atoms with Crippen LogP contribution in [0.15, 0.2) is 48.5 Å². The highest BCUT2D eigenvalue weighted by atomic mass is 79.9. The van der Waals surface area contributed by atoms with Gasteiger partial charge in [-0.15, -0.1) is 0 Å². The van der Waals surface area contributed by atoms with E-state index < -0.39 is 0 Å². The van der Waals surface area contributed by atoms with E-state index in [2.05, 4.69) is 35.0 Å². The molecular formula is C16H16BrNO2. The first-order valence-electron chi connectivity index (χ1n) is 6.57. The molecule has 2 aromatic rings. The van der Waals surface area contributed by atoms with Crippen molar-refractivity contribution in [2.24, 2.45) is 0 Å². The smallest absolute Gasteiger partial charge is 0.258 e. The van der Waals surface area contributed by atoms with Gasteiger partial charge in [-0.05, 0) is 29.5 Å². The van der Waals surface area contributed by atoms with Crippen LogP contribution in [0.3, 0.4) is 0 Å². The largest absolute Gasteiger partial charge is 0.269 e. The van der Waals surface area contributed by atoms with E-state index in [-0.39, 0.29) is 15.4 Å². The van der Waals surface area contributed by atoms with Crippen molar-refractivity contribution in [2.75, 3.05) is 0 Å². The van der Waals surface area contributed by atoms with Crippen LogP contribution in [0.2, 0.25) is 0 Å². The summed E-state index contributed by atoms with van der Waals surface area (Å²) in [6.07, 6.45) is 1.81. The number of nitrogens with zero attached hydrogens (tertiary/aromatic N) is 1. The number of alkyl halides is 1. The SMILES string of the molecule is CCc1ccccc1C(Br)Cc1ccc([N+](=O)[O-])cc1. The predicted octanol–water partition coefficient (Wildman–Crippen LogP) is 4.84. The van der Waals surface area contributed by atoms with Gasteiger partial charge in [0.2, 0.25) is 0 Å². The molecule has 0 aromatic heterocycles. The molecule has 0 aliphatic carbocycles. The number of nitro groups is 1. The first-order valence-corrected chi connectivity index (χ1v) is 7.48. The average molecular weight is 334 g/mol.